The maximum Gasteiger partial charge on any atom is 0.263 e. The van der Waals surface area contributed by atoms with Gasteiger partial charge >= 0.3 is 0 Å². The Labute approximate surface area is 146 Å². The van der Waals surface area contributed by atoms with Crippen LogP contribution in [0, 0.1) is 5.82 Å². The second-order valence-corrected chi connectivity index (χ2v) is 7.19. The number of halogens is 1. The van der Waals surface area contributed by atoms with Crippen LogP contribution in [0.25, 0.3) is 0 Å². The van der Waals surface area contributed by atoms with Crippen molar-refractivity contribution in [2.75, 3.05) is 10.6 Å². The van der Waals surface area contributed by atoms with E-state index in [1.165, 1.54) is 25.1 Å². The Bertz CT molecular complexity index is 870. The molecule has 1 atom stereocenters. The van der Waals surface area contributed by atoms with Gasteiger partial charge in [0.15, 0.2) is 0 Å². The largest absolute Gasteiger partial charge is 0.271 e. The van der Waals surface area contributed by atoms with Crippen molar-refractivity contribution in [3.05, 3.63) is 66.0 Å². The lowest BCUT2D eigenvalue weighted by Gasteiger charge is -2.27. The summed E-state index contributed by atoms with van der Waals surface area (Å²) in [5.74, 6) is -1.11. The van der Waals surface area contributed by atoms with Crippen molar-refractivity contribution < 1.29 is 17.6 Å². The van der Waals surface area contributed by atoms with Gasteiger partial charge in [-0.05, 0) is 25.1 Å². The highest BCUT2D eigenvalue weighted by molar-refractivity contribution is 7.92. The van der Waals surface area contributed by atoms with Crippen molar-refractivity contribution in [2.45, 2.75) is 13.0 Å². The molecule has 0 saturated carbocycles. The molecule has 0 aliphatic carbocycles. The molecule has 0 spiro atoms. The summed E-state index contributed by atoms with van der Waals surface area (Å²) in [5.41, 5.74) is 2.81. The summed E-state index contributed by atoms with van der Waals surface area (Å²) in [5, 5.41) is 3.70. The van der Waals surface area contributed by atoms with Gasteiger partial charge in [-0.3, -0.25) is 9.10 Å². The number of carbonyl (C=O) groups is 1. The Balaban J connectivity index is 2.15. The van der Waals surface area contributed by atoms with Gasteiger partial charge in [-0.1, -0.05) is 36.4 Å². The highest BCUT2D eigenvalue weighted by atomic mass is 32.2. The van der Waals surface area contributed by atoms with Crippen molar-refractivity contribution in [1.29, 1.82) is 0 Å². The predicted molar refractivity (Wildman–Crippen MR) is 95.4 cm³/mol. The number of para-hydroxylation sites is 1. The number of hydrogen-bond donors (Lipinski definition) is 1. The molecule has 132 valence electrons. The molecule has 2 rings (SSSR count). The van der Waals surface area contributed by atoms with Gasteiger partial charge < -0.3 is 0 Å². The maximum atomic E-state index is 13.5. The first-order chi connectivity index (χ1) is 11.8. The SMILES string of the molecule is C[C@H](C(=O)N/N=C\c1ccccc1F)N(c1ccccc1)S(C)(=O)=O. The van der Waals surface area contributed by atoms with Crippen LogP contribution in [0.4, 0.5) is 10.1 Å². The number of sulfonamides is 1. The Morgan fingerprint density at radius 3 is 2.36 bits per heavy atom. The molecule has 0 unspecified atom stereocenters. The third-order valence-corrected chi connectivity index (χ3v) is 4.62. The van der Waals surface area contributed by atoms with Gasteiger partial charge in [0.05, 0.1) is 18.2 Å². The van der Waals surface area contributed by atoms with Gasteiger partial charge in [0.25, 0.3) is 5.91 Å². The van der Waals surface area contributed by atoms with Crippen LogP contribution in [-0.2, 0) is 14.8 Å². The monoisotopic (exact) mass is 363 g/mol. The average molecular weight is 363 g/mol. The third-order valence-electron chi connectivity index (χ3n) is 3.38. The molecule has 0 aromatic heterocycles. The number of amides is 1. The van der Waals surface area contributed by atoms with Crippen LogP contribution < -0.4 is 9.73 Å². The minimum Gasteiger partial charge on any atom is -0.271 e. The Morgan fingerprint density at radius 2 is 1.76 bits per heavy atom. The van der Waals surface area contributed by atoms with Crippen LogP contribution in [0.15, 0.2) is 59.7 Å². The highest BCUT2D eigenvalue weighted by Gasteiger charge is 2.28. The van der Waals surface area contributed by atoms with E-state index in [4.69, 9.17) is 0 Å². The number of rotatable bonds is 6. The second-order valence-electron chi connectivity index (χ2n) is 5.33. The molecule has 1 amide bonds. The molecule has 0 fully saturated rings. The van der Waals surface area contributed by atoms with Gasteiger partial charge in [0.2, 0.25) is 10.0 Å². The van der Waals surface area contributed by atoms with Gasteiger partial charge in [0.1, 0.15) is 11.9 Å². The second kappa shape index (κ2) is 7.89. The number of hydrogen-bond acceptors (Lipinski definition) is 4. The van der Waals surface area contributed by atoms with Gasteiger partial charge in [-0.15, -0.1) is 0 Å². The standard InChI is InChI=1S/C17H18FN3O3S/c1-13(21(25(2,23)24)15-9-4-3-5-10-15)17(22)20-19-12-14-8-6-7-11-16(14)18/h3-13H,1-2H3,(H,20,22)/b19-12-/t13-/m1/s1. The first-order valence-corrected chi connectivity index (χ1v) is 9.27. The first kappa shape index (κ1) is 18.6. The fourth-order valence-electron chi connectivity index (χ4n) is 2.22. The number of anilines is 1. The van der Waals surface area contributed by atoms with Crippen molar-refractivity contribution in [3.63, 3.8) is 0 Å². The van der Waals surface area contributed by atoms with E-state index >= 15 is 0 Å². The van der Waals surface area contributed by atoms with Crippen molar-refractivity contribution in [3.8, 4) is 0 Å². The molecule has 8 heteroatoms. The van der Waals surface area contributed by atoms with E-state index in [1.54, 1.807) is 36.4 Å². The van der Waals surface area contributed by atoms with E-state index in [9.17, 15) is 17.6 Å². The smallest absolute Gasteiger partial charge is 0.263 e. The van der Waals surface area contributed by atoms with Crippen LogP contribution in [-0.4, -0.2) is 32.8 Å². The number of hydrazone groups is 1. The van der Waals surface area contributed by atoms with Crippen molar-refractivity contribution >= 4 is 27.8 Å². The number of nitrogens with one attached hydrogen (secondary N) is 1. The minimum absolute atomic E-state index is 0.207. The van der Waals surface area contributed by atoms with E-state index in [-0.39, 0.29) is 5.56 Å². The lowest BCUT2D eigenvalue weighted by atomic mass is 10.2. The molecule has 0 aliphatic heterocycles. The van der Waals surface area contributed by atoms with Crippen LogP contribution in [0.5, 0.6) is 0 Å². The quantitative estimate of drug-likeness (QED) is 0.631. The van der Waals surface area contributed by atoms with E-state index in [0.29, 0.717) is 5.69 Å². The lowest BCUT2D eigenvalue weighted by molar-refractivity contribution is -0.121. The molecule has 1 N–H and O–H groups in total. The molecular weight excluding hydrogens is 345 g/mol. The zero-order valence-corrected chi connectivity index (χ0v) is 14.6. The van der Waals surface area contributed by atoms with E-state index < -0.39 is 27.8 Å². The van der Waals surface area contributed by atoms with E-state index in [2.05, 4.69) is 10.5 Å². The Hall–Kier alpha value is -2.74. The zero-order valence-electron chi connectivity index (χ0n) is 13.8. The summed E-state index contributed by atoms with van der Waals surface area (Å²) in [6.45, 7) is 1.45. The molecule has 0 saturated heterocycles. The van der Waals surface area contributed by atoms with Crippen LogP contribution >= 0.6 is 0 Å². The summed E-state index contributed by atoms with van der Waals surface area (Å²) in [6.07, 6.45) is 2.18. The third kappa shape index (κ3) is 4.87. The topological polar surface area (TPSA) is 78.8 Å². The summed E-state index contributed by atoms with van der Waals surface area (Å²) >= 11 is 0. The fourth-order valence-corrected chi connectivity index (χ4v) is 3.40. The minimum atomic E-state index is -3.69. The Kier molecular flexibility index (Phi) is 5.87. The fraction of sp³-hybridized carbons (Fsp3) is 0.176. The molecule has 2 aromatic rings. The highest BCUT2D eigenvalue weighted by Crippen LogP contribution is 2.20. The van der Waals surface area contributed by atoms with E-state index in [1.807, 2.05) is 0 Å². The summed E-state index contributed by atoms with van der Waals surface area (Å²) in [7, 11) is -3.69. The number of nitrogens with zero attached hydrogens (tertiary/aromatic N) is 2. The molecular formula is C17H18FN3O3S. The molecule has 0 radical (unpaired) electrons. The van der Waals surface area contributed by atoms with Crippen LogP contribution in [0.2, 0.25) is 0 Å². The van der Waals surface area contributed by atoms with Gasteiger partial charge in [0, 0.05) is 5.56 Å². The molecule has 0 bridgehead atoms. The molecule has 6 nitrogen and oxygen atoms in total. The first-order valence-electron chi connectivity index (χ1n) is 7.42. The van der Waals surface area contributed by atoms with Crippen molar-refractivity contribution in [2.24, 2.45) is 5.10 Å². The number of carbonyl (C=O) groups excluding carboxylic acids is 1. The van der Waals surface area contributed by atoms with Crippen LogP contribution in [0.1, 0.15) is 12.5 Å². The predicted octanol–water partition coefficient (Wildman–Crippen LogP) is 2.13. The van der Waals surface area contributed by atoms with Gasteiger partial charge in [-0.25, -0.2) is 18.2 Å². The summed E-state index contributed by atoms with van der Waals surface area (Å²) in [4.78, 5) is 12.3. The molecule has 25 heavy (non-hydrogen) atoms. The van der Waals surface area contributed by atoms with Gasteiger partial charge in [-0.2, -0.15) is 5.10 Å². The summed E-state index contributed by atoms with van der Waals surface area (Å²) < 4.78 is 38.6. The number of benzene rings is 2. The average Bonchev–Trinajstić information content (AvgIpc) is 2.56. The van der Waals surface area contributed by atoms with E-state index in [0.717, 1.165) is 16.8 Å². The molecule has 0 aliphatic rings. The molecule has 2 aromatic carbocycles. The lowest BCUT2D eigenvalue weighted by Crippen LogP contribution is -2.46. The Morgan fingerprint density at radius 1 is 1.16 bits per heavy atom. The molecule has 0 heterocycles. The van der Waals surface area contributed by atoms with Crippen molar-refractivity contribution in [1.82, 2.24) is 5.43 Å². The summed E-state index contributed by atoms with van der Waals surface area (Å²) in [6, 6.07) is 13.2. The van der Waals surface area contributed by atoms with Crippen LogP contribution in [0.3, 0.4) is 0 Å². The normalized spacial score (nSPS) is 12.8. The zero-order chi connectivity index (χ0) is 18.4. The maximum absolute atomic E-state index is 13.5.